The minimum absolute atomic E-state index is 0.0671. The summed E-state index contributed by atoms with van der Waals surface area (Å²) in [5.41, 5.74) is 0. The Labute approximate surface area is 117 Å². The van der Waals surface area contributed by atoms with Crippen LogP contribution in [-0.2, 0) is 9.53 Å². The maximum atomic E-state index is 11.8. The molecule has 4 heteroatoms. The fraction of sp³-hybridized carbons (Fsp3) is 0.933. The molecule has 0 saturated carbocycles. The Morgan fingerprint density at radius 1 is 1.32 bits per heavy atom. The number of hydrogen-bond donors (Lipinski definition) is 1. The van der Waals surface area contributed by atoms with Crippen LogP contribution in [0.1, 0.15) is 52.4 Å². The van der Waals surface area contributed by atoms with E-state index in [2.05, 4.69) is 24.1 Å². The molecule has 0 aromatic rings. The molecule has 0 bridgehead atoms. The van der Waals surface area contributed by atoms with Crippen LogP contribution in [0.15, 0.2) is 0 Å². The highest BCUT2D eigenvalue weighted by atomic mass is 16.5. The summed E-state index contributed by atoms with van der Waals surface area (Å²) < 4.78 is 5.26. The molecule has 1 aliphatic heterocycles. The average Bonchev–Trinajstić information content (AvgIpc) is 2.89. The van der Waals surface area contributed by atoms with E-state index in [0.717, 1.165) is 38.9 Å². The molecule has 1 atom stereocenters. The quantitative estimate of drug-likeness (QED) is 0.488. The molecule has 1 fully saturated rings. The predicted molar refractivity (Wildman–Crippen MR) is 78.2 cm³/mol. The van der Waals surface area contributed by atoms with E-state index in [4.69, 9.17) is 4.74 Å². The van der Waals surface area contributed by atoms with Crippen LogP contribution in [0.3, 0.4) is 0 Å². The number of carbonyl (C=O) groups excluding carboxylic acids is 1. The number of unbranched alkanes of at least 4 members (excludes halogenated alkanes) is 2. The molecule has 0 aromatic carbocycles. The van der Waals surface area contributed by atoms with Crippen LogP contribution in [0.25, 0.3) is 0 Å². The van der Waals surface area contributed by atoms with Crippen molar-refractivity contribution < 1.29 is 9.53 Å². The Bertz CT molecular complexity index is 240. The molecular formula is C15H30N2O2. The molecule has 1 heterocycles. The molecule has 0 aliphatic carbocycles. The summed E-state index contributed by atoms with van der Waals surface area (Å²) >= 11 is 0. The second-order valence-electron chi connectivity index (χ2n) is 5.46. The fourth-order valence-corrected chi connectivity index (χ4v) is 2.40. The number of nitrogens with zero attached hydrogens (tertiary/aromatic N) is 1. The second kappa shape index (κ2) is 10.2. The lowest BCUT2D eigenvalue weighted by molar-refractivity contribution is -0.145. The normalized spacial score (nSPS) is 19.0. The number of ether oxygens (including phenoxy) is 1. The first-order chi connectivity index (χ1) is 9.26. The first kappa shape index (κ1) is 16.4. The van der Waals surface area contributed by atoms with Gasteiger partial charge < -0.3 is 10.1 Å². The van der Waals surface area contributed by atoms with Gasteiger partial charge in [-0.3, -0.25) is 9.69 Å². The van der Waals surface area contributed by atoms with Gasteiger partial charge in [0.2, 0.25) is 0 Å². The minimum atomic E-state index is -0.0671. The maximum Gasteiger partial charge on any atom is 0.320 e. The molecular weight excluding hydrogens is 240 g/mol. The molecule has 1 unspecified atom stereocenters. The van der Waals surface area contributed by atoms with Gasteiger partial charge >= 0.3 is 5.97 Å². The second-order valence-corrected chi connectivity index (χ2v) is 5.46. The Balaban J connectivity index is 2.28. The molecule has 0 spiro atoms. The summed E-state index contributed by atoms with van der Waals surface area (Å²) in [5, 5.41) is 3.50. The lowest BCUT2D eigenvalue weighted by Crippen LogP contribution is -2.41. The van der Waals surface area contributed by atoms with E-state index in [1.165, 1.54) is 19.3 Å². The van der Waals surface area contributed by atoms with E-state index in [-0.39, 0.29) is 5.97 Å². The van der Waals surface area contributed by atoms with Gasteiger partial charge in [-0.15, -0.1) is 0 Å². The molecule has 1 aliphatic rings. The van der Waals surface area contributed by atoms with Crippen LogP contribution in [0.4, 0.5) is 0 Å². The van der Waals surface area contributed by atoms with Crippen LogP contribution in [0, 0.1) is 0 Å². The molecule has 1 N–H and O–H groups in total. The van der Waals surface area contributed by atoms with Crippen LogP contribution >= 0.6 is 0 Å². The number of nitrogens with one attached hydrogen (secondary N) is 1. The van der Waals surface area contributed by atoms with E-state index < -0.39 is 0 Å². The van der Waals surface area contributed by atoms with Crippen molar-refractivity contribution in [2.75, 3.05) is 32.8 Å². The van der Waals surface area contributed by atoms with Gasteiger partial charge in [-0.25, -0.2) is 0 Å². The van der Waals surface area contributed by atoms with Gasteiger partial charge in [0.25, 0.3) is 0 Å². The molecule has 1 rings (SSSR count). The SMILES string of the molecule is CCCCOC(=O)CN(CCCC)CC1CCCN1. The van der Waals surface area contributed by atoms with Gasteiger partial charge in [0.1, 0.15) is 0 Å². The van der Waals surface area contributed by atoms with Crippen LogP contribution in [0.2, 0.25) is 0 Å². The molecule has 0 aromatic heterocycles. The standard InChI is InChI=1S/C15H30N2O2/c1-3-5-10-17(12-14-8-7-9-16-14)13-15(18)19-11-6-4-2/h14,16H,3-13H2,1-2H3. The number of rotatable bonds is 10. The monoisotopic (exact) mass is 270 g/mol. The van der Waals surface area contributed by atoms with Crippen molar-refractivity contribution in [3.8, 4) is 0 Å². The van der Waals surface area contributed by atoms with Crippen LogP contribution in [0.5, 0.6) is 0 Å². The van der Waals surface area contributed by atoms with E-state index in [1.807, 2.05) is 0 Å². The van der Waals surface area contributed by atoms with Gasteiger partial charge in [0.15, 0.2) is 0 Å². The summed E-state index contributed by atoms with van der Waals surface area (Å²) in [6, 6.07) is 0.556. The zero-order valence-electron chi connectivity index (χ0n) is 12.6. The molecule has 0 radical (unpaired) electrons. The third-order valence-electron chi connectivity index (χ3n) is 3.58. The molecule has 19 heavy (non-hydrogen) atoms. The lowest BCUT2D eigenvalue weighted by Gasteiger charge is -2.24. The average molecular weight is 270 g/mol. The first-order valence-corrected chi connectivity index (χ1v) is 7.87. The Morgan fingerprint density at radius 2 is 2.11 bits per heavy atom. The fourth-order valence-electron chi connectivity index (χ4n) is 2.40. The van der Waals surface area contributed by atoms with Gasteiger partial charge in [-0.1, -0.05) is 26.7 Å². The van der Waals surface area contributed by atoms with Crippen molar-refractivity contribution in [2.24, 2.45) is 0 Å². The lowest BCUT2D eigenvalue weighted by atomic mass is 10.2. The predicted octanol–water partition coefficient (Wildman–Crippen LogP) is 2.18. The van der Waals surface area contributed by atoms with Crippen molar-refractivity contribution in [1.82, 2.24) is 10.2 Å². The smallest absolute Gasteiger partial charge is 0.320 e. The summed E-state index contributed by atoms with van der Waals surface area (Å²) in [6.45, 7) is 8.40. The van der Waals surface area contributed by atoms with Crippen molar-refractivity contribution in [3.05, 3.63) is 0 Å². The molecule has 0 amide bonds. The van der Waals surface area contributed by atoms with Gasteiger partial charge in [0.05, 0.1) is 13.2 Å². The van der Waals surface area contributed by atoms with Gasteiger partial charge in [-0.05, 0) is 38.8 Å². The molecule has 1 saturated heterocycles. The van der Waals surface area contributed by atoms with E-state index >= 15 is 0 Å². The third-order valence-corrected chi connectivity index (χ3v) is 3.58. The van der Waals surface area contributed by atoms with E-state index in [1.54, 1.807) is 0 Å². The van der Waals surface area contributed by atoms with Gasteiger partial charge in [0, 0.05) is 12.6 Å². The van der Waals surface area contributed by atoms with Crippen molar-refractivity contribution in [3.63, 3.8) is 0 Å². The van der Waals surface area contributed by atoms with E-state index in [0.29, 0.717) is 19.2 Å². The number of esters is 1. The Hall–Kier alpha value is -0.610. The highest BCUT2D eigenvalue weighted by molar-refractivity contribution is 5.71. The molecule has 112 valence electrons. The summed E-state index contributed by atoms with van der Waals surface area (Å²) in [4.78, 5) is 14.0. The van der Waals surface area contributed by atoms with Gasteiger partial charge in [-0.2, -0.15) is 0 Å². The number of carbonyl (C=O) groups is 1. The zero-order valence-corrected chi connectivity index (χ0v) is 12.6. The van der Waals surface area contributed by atoms with Crippen LogP contribution in [-0.4, -0.2) is 49.7 Å². The number of hydrogen-bond acceptors (Lipinski definition) is 4. The van der Waals surface area contributed by atoms with E-state index in [9.17, 15) is 4.79 Å². The van der Waals surface area contributed by atoms with Crippen molar-refractivity contribution in [1.29, 1.82) is 0 Å². The Kier molecular flexibility index (Phi) is 8.84. The highest BCUT2D eigenvalue weighted by Gasteiger charge is 2.19. The van der Waals surface area contributed by atoms with Crippen molar-refractivity contribution >= 4 is 5.97 Å². The summed E-state index contributed by atoms with van der Waals surface area (Å²) in [7, 11) is 0. The summed E-state index contributed by atoms with van der Waals surface area (Å²) in [6.07, 6.45) is 6.83. The zero-order chi connectivity index (χ0) is 13.9. The maximum absolute atomic E-state index is 11.8. The first-order valence-electron chi connectivity index (χ1n) is 7.87. The minimum Gasteiger partial charge on any atom is -0.465 e. The highest BCUT2D eigenvalue weighted by Crippen LogP contribution is 2.08. The third kappa shape index (κ3) is 7.53. The van der Waals surface area contributed by atoms with Crippen LogP contribution < -0.4 is 5.32 Å². The van der Waals surface area contributed by atoms with Crippen molar-refractivity contribution in [2.45, 2.75) is 58.4 Å². The summed E-state index contributed by atoms with van der Waals surface area (Å²) in [5.74, 6) is -0.0671. The molecule has 4 nitrogen and oxygen atoms in total. The largest absolute Gasteiger partial charge is 0.465 e. The Morgan fingerprint density at radius 3 is 2.74 bits per heavy atom. The topological polar surface area (TPSA) is 41.6 Å².